The smallest absolute Gasteiger partial charge is 0.143 e. The maximum atomic E-state index is 6.04. The molecule has 0 aliphatic rings. The van der Waals surface area contributed by atoms with E-state index < -0.39 is 0 Å². The van der Waals surface area contributed by atoms with E-state index in [0.29, 0.717) is 15.7 Å². The molecule has 0 unspecified atom stereocenters. The molecule has 2 aromatic rings. The highest BCUT2D eigenvalue weighted by Gasteiger charge is 2.09. The van der Waals surface area contributed by atoms with E-state index in [1.165, 1.54) is 0 Å². The van der Waals surface area contributed by atoms with Crippen LogP contribution in [0.5, 0.6) is 0 Å². The Balaban J connectivity index is 2.44. The number of aromatic nitrogens is 2. The van der Waals surface area contributed by atoms with Crippen LogP contribution in [0.3, 0.4) is 0 Å². The molecule has 0 aliphatic carbocycles. The zero-order valence-electron chi connectivity index (χ0n) is 8.00. The van der Waals surface area contributed by atoms with Crippen LogP contribution in [-0.2, 0) is 6.42 Å². The normalized spacial score (nSPS) is 10.6. The highest BCUT2D eigenvalue weighted by Crippen LogP contribution is 2.30. The fourth-order valence-electron chi connectivity index (χ4n) is 1.15. The molecule has 15 heavy (non-hydrogen) atoms. The van der Waals surface area contributed by atoms with E-state index >= 15 is 0 Å². The van der Waals surface area contributed by atoms with Gasteiger partial charge in [0.05, 0.1) is 15.7 Å². The van der Waals surface area contributed by atoms with E-state index in [-0.39, 0.29) is 0 Å². The number of hydrogen-bond donors (Lipinski definition) is 0. The third kappa shape index (κ3) is 2.30. The van der Waals surface area contributed by atoms with Crippen molar-refractivity contribution < 1.29 is 0 Å². The Hall–Kier alpha value is -0.640. The van der Waals surface area contributed by atoms with Gasteiger partial charge in [-0.3, -0.25) is 4.98 Å². The lowest BCUT2D eigenvalue weighted by Gasteiger charge is -1.98. The first-order chi connectivity index (χ1) is 7.20. The summed E-state index contributed by atoms with van der Waals surface area (Å²) in [5.74, 6) is 0. The molecule has 0 radical (unpaired) electrons. The monoisotopic (exact) mass is 258 g/mol. The van der Waals surface area contributed by atoms with Crippen LogP contribution in [0, 0.1) is 0 Å². The third-order valence-electron chi connectivity index (χ3n) is 1.92. The molecule has 0 spiro atoms. The predicted molar refractivity (Wildman–Crippen MR) is 64.7 cm³/mol. The van der Waals surface area contributed by atoms with Gasteiger partial charge in [-0.15, -0.1) is 11.3 Å². The summed E-state index contributed by atoms with van der Waals surface area (Å²) in [5, 5.41) is 3.94. The zero-order chi connectivity index (χ0) is 10.8. The van der Waals surface area contributed by atoms with Crippen molar-refractivity contribution in [3.63, 3.8) is 0 Å². The summed E-state index contributed by atoms with van der Waals surface area (Å²) in [4.78, 5) is 8.60. The van der Waals surface area contributed by atoms with Gasteiger partial charge in [0, 0.05) is 11.6 Å². The van der Waals surface area contributed by atoms with Crippen LogP contribution in [0.1, 0.15) is 12.6 Å². The number of rotatable bonds is 2. The molecule has 0 N–H and O–H groups in total. The van der Waals surface area contributed by atoms with Gasteiger partial charge in [0.25, 0.3) is 0 Å². The highest BCUT2D eigenvalue weighted by atomic mass is 35.5. The van der Waals surface area contributed by atoms with Crippen molar-refractivity contribution in [2.45, 2.75) is 13.3 Å². The lowest BCUT2D eigenvalue weighted by molar-refractivity contribution is 1.06. The fraction of sp³-hybridized carbons (Fsp3) is 0.200. The molecular formula is C10H8Cl2N2S. The Labute approximate surface area is 102 Å². The number of pyridine rings is 1. The van der Waals surface area contributed by atoms with Gasteiger partial charge in [-0.1, -0.05) is 30.1 Å². The summed E-state index contributed by atoms with van der Waals surface area (Å²) in [7, 11) is 0. The summed E-state index contributed by atoms with van der Waals surface area (Å²) in [6.07, 6.45) is 2.50. The molecule has 0 saturated heterocycles. The van der Waals surface area contributed by atoms with Crippen molar-refractivity contribution >= 4 is 34.5 Å². The summed E-state index contributed by atoms with van der Waals surface area (Å²) in [6.45, 7) is 2.07. The standard InChI is InChI=1S/C10H8Cl2N2S/c1-2-7-5-15-10(14-7)9-8(12)3-6(11)4-13-9/h3-5H,2H2,1H3. The first-order valence-corrected chi connectivity index (χ1v) is 6.10. The Morgan fingerprint density at radius 2 is 2.20 bits per heavy atom. The minimum atomic E-state index is 0.538. The molecule has 2 rings (SSSR count). The maximum absolute atomic E-state index is 6.04. The van der Waals surface area contributed by atoms with Crippen LogP contribution in [0.2, 0.25) is 10.0 Å². The first kappa shape index (κ1) is 10.9. The van der Waals surface area contributed by atoms with Gasteiger partial charge in [0.1, 0.15) is 10.7 Å². The quantitative estimate of drug-likeness (QED) is 0.812. The molecule has 78 valence electrons. The molecule has 0 amide bonds. The Morgan fingerprint density at radius 3 is 2.80 bits per heavy atom. The largest absolute Gasteiger partial charge is 0.251 e. The second kappa shape index (κ2) is 4.47. The van der Waals surface area contributed by atoms with Crippen molar-refractivity contribution in [3.05, 3.63) is 33.4 Å². The molecule has 0 aromatic carbocycles. The summed E-state index contributed by atoms with van der Waals surface area (Å²) < 4.78 is 0. The van der Waals surface area contributed by atoms with Crippen molar-refractivity contribution in [2.75, 3.05) is 0 Å². The minimum absolute atomic E-state index is 0.538. The number of aryl methyl sites for hydroxylation is 1. The van der Waals surface area contributed by atoms with Gasteiger partial charge in [0.15, 0.2) is 0 Å². The molecule has 0 bridgehead atoms. The van der Waals surface area contributed by atoms with Gasteiger partial charge in [-0.25, -0.2) is 4.98 Å². The molecule has 5 heteroatoms. The van der Waals surface area contributed by atoms with Crippen LogP contribution in [-0.4, -0.2) is 9.97 Å². The molecule has 0 atom stereocenters. The van der Waals surface area contributed by atoms with Crippen molar-refractivity contribution in [3.8, 4) is 10.7 Å². The topological polar surface area (TPSA) is 25.8 Å². The minimum Gasteiger partial charge on any atom is -0.251 e. The van der Waals surface area contributed by atoms with Crippen LogP contribution >= 0.6 is 34.5 Å². The zero-order valence-corrected chi connectivity index (χ0v) is 10.3. The lowest BCUT2D eigenvalue weighted by atomic mass is 10.3. The van der Waals surface area contributed by atoms with Crippen molar-refractivity contribution in [2.24, 2.45) is 0 Å². The van der Waals surface area contributed by atoms with Gasteiger partial charge in [-0.2, -0.15) is 0 Å². The average Bonchev–Trinajstić information content (AvgIpc) is 2.66. The number of nitrogens with zero attached hydrogens (tertiary/aromatic N) is 2. The second-order valence-electron chi connectivity index (χ2n) is 2.98. The van der Waals surface area contributed by atoms with E-state index in [4.69, 9.17) is 23.2 Å². The van der Waals surface area contributed by atoms with E-state index in [1.54, 1.807) is 23.6 Å². The predicted octanol–water partition coefficient (Wildman–Crippen LogP) is 4.07. The van der Waals surface area contributed by atoms with Gasteiger partial charge >= 0.3 is 0 Å². The van der Waals surface area contributed by atoms with Gasteiger partial charge in [0.2, 0.25) is 0 Å². The molecular weight excluding hydrogens is 251 g/mol. The number of thiazole rings is 1. The second-order valence-corrected chi connectivity index (χ2v) is 4.68. The van der Waals surface area contributed by atoms with E-state index in [9.17, 15) is 0 Å². The first-order valence-electron chi connectivity index (χ1n) is 4.46. The molecule has 0 fully saturated rings. The summed E-state index contributed by atoms with van der Waals surface area (Å²) in [6, 6.07) is 1.68. The summed E-state index contributed by atoms with van der Waals surface area (Å²) in [5.41, 5.74) is 1.76. The Kier molecular flexibility index (Phi) is 3.24. The van der Waals surface area contributed by atoms with Crippen LogP contribution in [0.25, 0.3) is 10.7 Å². The molecule has 2 heterocycles. The third-order valence-corrected chi connectivity index (χ3v) is 3.32. The van der Waals surface area contributed by atoms with Crippen LogP contribution in [0.4, 0.5) is 0 Å². The maximum Gasteiger partial charge on any atom is 0.143 e. The SMILES string of the molecule is CCc1csc(-c2ncc(Cl)cc2Cl)n1. The van der Waals surface area contributed by atoms with Crippen LogP contribution in [0.15, 0.2) is 17.6 Å². The summed E-state index contributed by atoms with van der Waals surface area (Å²) >= 11 is 13.4. The number of halogens is 2. The highest BCUT2D eigenvalue weighted by molar-refractivity contribution is 7.13. The van der Waals surface area contributed by atoms with Gasteiger partial charge in [-0.05, 0) is 12.5 Å². The average molecular weight is 259 g/mol. The van der Waals surface area contributed by atoms with E-state index in [2.05, 4.69) is 16.9 Å². The fourth-order valence-corrected chi connectivity index (χ4v) is 2.59. The Bertz CT molecular complexity index is 482. The van der Waals surface area contributed by atoms with Crippen molar-refractivity contribution in [1.29, 1.82) is 0 Å². The molecule has 2 nitrogen and oxygen atoms in total. The molecule has 0 aliphatic heterocycles. The van der Waals surface area contributed by atoms with Gasteiger partial charge < -0.3 is 0 Å². The van der Waals surface area contributed by atoms with Crippen LogP contribution < -0.4 is 0 Å². The lowest BCUT2D eigenvalue weighted by Crippen LogP contribution is -1.85. The Morgan fingerprint density at radius 1 is 1.40 bits per heavy atom. The number of hydrogen-bond acceptors (Lipinski definition) is 3. The van der Waals surface area contributed by atoms with E-state index in [0.717, 1.165) is 17.1 Å². The van der Waals surface area contributed by atoms with E-state index in [1.807, 2.05) is 5.38 Å². The molecule has 0 saturated carbocycles. The molecule has 2 aromatic heterocycles. The van der Waals surface area contributed by atoms with Crippen molar-refractivity contribution in [1.82, 2.24) is 9.97 Å².